The molecular weight excluding hydrogens is 507 g/mol. The molecule has 4 N–H and O–H groups in total. The van der Waals surface area contributed by atoms with E-state index >= 15 is 0 Å². The Morgan fingerprint density at radius 1 is 0.486 bits per heavy atom. The van der Waals surface area contributed by atoms with E-state index in [0.29, 0.717) is 0 Å². The number of rotatable bonds is 26. The van der Waals surface area contributed by atoms with Crippen molar-refractivity contribution >= 4 is 64.3 Å². The van der Waals surface area contributed by atoms with Gasteiger partial charge in [0.2, 0.25) is 0 Å². The number of thiocarbonyl (C=S) groups is 2. The number of hydrogen-bond acceptors (Lipinski definition) is 2. The quantitative estimate of drug-likeness (QED) is 0.0546. The Morgan fingerprint density at radius 2 is 0.676 bits per heavy atom. The topological polar surface area (TPSA) is 69.7 Å². The molecule has 4 nitrogen and oxygen atoms in total. The second kappa shape index (κ2) is 36.4. The van der Waals surface area contributed by atoms with Gasteiger partial charge in [0.1, 0.15) is 0 Å². The molecule has 0 unspecified atom stereocenters. The van der Waals surface area contributed by atoms with E-state index in [1.165, 1.54) is 141 Å². The summed E-state index contributed by atoms with van der Waals surface area (Å²) < 4.78 is 0. The first-order chi connectivity index (χ1) is 17.5. The molecule has 0 radical (unpaired) electrons. The molecule has 0 aromatic heterocycles. The van der Waals surface area contributed by atoms with Crippen LogP contribution in [0.1, 0.15) is 168 Å². The Balaban J connectivity index is -0.00000214. The molecule has 37 heavy (non-hydrogen) atoms. The van der Waals surface area contributed by atoms with E-state index in [4.69, 9.17) is 17.3 Å². The van der Waals surface area contributed by atoms with Crippen LogP contribution < -0.4 is 5.73 Å². The van der Waals surface area contributed by atoms with E-state index in [2.05, 4.69) is 31.8 Å². The summed E-state index contributed by atoms with van der Waals surface area (Å²) in [6, 6.07) is 0. The fraction of sp³-hybridized carbons (Fsp3) is 0.933. The van der Waals surface area contributed by atoms with Gasteiger partial charge in [-0.25, -0.2) is 0 Å². The fourth-order valence-corrected chi connectivity index (χ4v) is 4.77. The van der Waals surface area contributed by atoms with Crippen molar-refractivity contribution in [1.29, 1.82) is 0 Å². The molecule has 0 fully saturated rings. The van der Waals surface area contributed by atoms with E-state index in [0.717, 1.165) is 25.9 Å². The molecule has 0 amide bonds. The second-order valence-corrected chi connectivity index (χ2v) is 11.2. The molecule has 0 aromatic rings. The normalized spacial score (nSPS) is 10.3. The molecule has 0 atom stereocenters. The zero-order valence-electron chi connectivity index (χ0n) is 24.1. The summed E-state index contributed by atoms with van der Waals surface area (Å²) in [6.45, 7) is 6.44. The Labute approximate surface area is 264 Å². The van der Waals surface area contributed by atoms with Crippen LogP contribution in [0.2, 0.25) is 0 Å². The number of unbranched alkanes of at least 4 members (excludes halogenated alkanes) is 22. The van der Waals surface area contributed by atoms with Crippen molar-refractivity contribution in [2.45, 2.75) is 168 Å². The summed E-state index contributed by atoms with van der Waals surface area (Å²) >= 11 is 8.94. The summed E-state index contributed by atoms with van der Waals surface area (Å²) in [5.41, 5.74) is 4.40. The summed E-state index contributed by atoms with van der Waals surface area (Å²) in [7, 11) is 0. The third-order valence-electron chi connectivity index (χ3n) is 6.83. The van der Waals surface area contributed by atoms with Crippen LogP contribution in [0.15, 0.2) is 0 Å². The Hall–Kier alpha value is 0.380. The van der Waals surface area contributed by atoms with Crippen LogP contribution in [0.5, 0.6) is 0 Å². The molecule has 7 heteroatoms. The number of nitrogens with two attached hydrogens (primary N) is 1. The molecule has 0 aliphatic carbocycles. The van der Waals surface area contributed by atoms with Crippen LogP contribution in [0.3, 0.4) is 0 Å². The summed E-state index contributed by atoms with van der Waals surface area (Å²) in [4.78, 5) is 2.03. The van der Waals surface area contributed by atoms with Gasteiger partial charge in [-0.3, -0.25) is 0 Å². The van der Waals surface area contributed by atoms with Gasteiger partial charge in [-0.15, -0.1) is 0 Å². The minimum absolute atomic E-state index is 0. The van der Waals surface area contributed by atoms with Crippen molar-refractivity contribution in [1.82, 2.24) is 4.90 Å². The van der Waals surface area contributed by atoms with Gasteiger partial charge >= 0.3 is 29.6 Å². The van der Waals surface area contributed by atoms with Crippen molar-refractivity contribution in [3.8, 4) is 0 Å². The molecule has 0 aliphatic heterocycles. The van der Waals surface area contributed by atoms with E-state index in [1.54, 1.807) is 0 Å². The van der Waals surface area contributed by atoms with Crippen LogP contribution in [0.4, 0.5) is 0 Å². The predicted molar refractivity (Wildman–Crippen MR) is 176 cm³/mol. The molecule has 0 aromatic carbocycles. The van der Waals surface area contributed by atoms with Gasteiger partial charge in [-0.2, -0.15) is 0 Å². The first-order valence-corrected chi connectivity index (χ1v) is 16.2. The zero-order valence-corrected chi connectivity index (χ0v) is 25.8. The fourth-order valence-electron chi connectivity index (χ4n) is 4.59. The first kappa shape index (κ1) is 41.9. The SMILES string of the molecule is CCCCCCCCCCCCCCN(CCCCCCCCCCCCCC)C(O)=S.NC(O)=S.[NaH]. The summed E-state index contributed by atoms with van der Waals surface area (Å²) in [5.74, 6) is 0. The standard InChI is InChI=1S/C29H59NOS.CH3NOS.Na.H/c1-3-5-7-9-11-13-15-17-19-21-23-25-27-30(29(31)32)28-26-24-22-20-18-16-14-12-10-8-6-4-2;2-1(3)4;;/h3-28H2,1-2H3,(H,31,32);(H3,2,3,4);;. The first-order valence-electron chi connectivity index (χ1n) is 15.4. The van der Waals surface area contributed by atoms with Gasteiger partial charge in [0.25, 0.3) is 10.3 Å². The molecular formula is C30H63N2NaO2S2. The predicted octanol–water partition coefficient (Wildman–Crippen LogP) is 9.67. The van der Waals surface area contributed by atoms with Gasteiger partial charge in [-0.1, -0.05) is 155 Å². The van der Waals surface area contributed by atoms with Crippen molar-refractivity contribution in [2.24, 2.45) is 5.73 Å². The Bertz CT molecular complexity index is 439. The van der Waals surface area contributed by atoms with Crippen molar-refractivity contribution in [3.63, 3.8) is 0 Å². The van der Waals surface area contributed by atoms with Crippen LogP contribution in [0, 0.1) is 0 Å². The minimum atomic E-state index is -0.500. The third kappa shape index (κ3) is 41.0. The van der Waals surface area contributed by atoms with Crippen LogP contribution in [-0.4, -0.2) is 68.1 Å². The maximum absolute atomic E-state index is 9.82. The molecule has 0 spiro atoms. The van der Waals surface area contributed by atoms with Gasteiger partial charge in [0.05, 0.1) is 0 Å². The Kier molecular flexibility index (Phi) is 41.2. The van der Waals surface area contributed by atoms with Crippen LogP contribution >= 0.6 is 24.4 Å². The van der Waals surface area contributed by atoms with Gasteiger partial charge in [-0.05, 0) is 37.3 Å². The van der Waals surface area contributed by atoms with Crippen molar-refractivity contribution < 1.29 is 10.2 Å². The number of nitrogens with zero attached hydrogens (tertiary/aromatic N) is 1. The van der Waals surface area contributed by atoms with Crippen LogP contribution in [-0.2, 0) is 0 Å². The molecule has 0 bridgehead atoms. The Morgan fingerprint density at radius 3 is 0.865 bits per heavy atom. The zero-order chi connectivity index (χ0) is 27.1. The van der Waals surface area contributed by atoms with Gasteiger partial charge in [0, 0.05) is 13.1 Å². The average molecular weight is 571 g/mol. The van der Waals surface area contributed by atoms with Crippen molar-refractivity contribution in [3.05, 3.63) is 0 Å². The monoisotopic (exact) mass is 570 g/mol. The van der Waals surface area contributed by atoms with E-state index in [9.17, 15) is 5.11 Å². The summed E-state index contributed by atoms with van der Waals surface area (Å²) in [6.07, 6.45) is 32.9. The molecule has 0 aliphatic rings. The number of hydrogen-bond donors (Lipinski definition) is 3. The number of aliphatic hydroxyl groups is 2. The molecule has 0 saturated heterocycles. The third-order valence-corrected chi connectivity index (χ3v) is 7.09. The maximum atomic E-state index is 9.82. The second-order valence-electron chi connectivity index (χ2n) is 10.4. The van der Waals surface area contributed by atoms with E-state index in [-0.39, 0.29) is 34.7 Å². The molecule has 218 valence electrons. The molecule has 0 heterocycles. The summed E-state index contributed by atoms with van der Waals surface area (Å²) in [5, 5.41) is 17.0. The van der Waals surface area contributed by atoms with Crippen molar-refractivity contribution in [2.75, 3.05) is 13.1 Å². The van der Waals surface area contributed by atoms with Gasteiger partial charge < -0.3 is 20.8 Å². The van der Waals surface area contributed by atoms with Crippen LogP contribution in [0.25, 0.3) is 0 Å². The van der Waals surface area contributed by atoms with E-state index in [1.807, 2.05) is 4.90 Å². The van der Waals surface area contributed by atoms with E-state index < -0.39 is 5.17 Å². The molecule has 0 rings (SSSR count). The number of aliphatic hydroxyl groups excluding tert-OH is 2. The molecule has 0 saturated carbocycles. The average Bonchev–Trinajstić information content (AvgIpc) is 2.83. The van der Waals surface area contributed by atoms with Gasteiger partial charge in [0.15, 0.2) is 0 Å².